The summed E-state index contributed by atoms with van der Waals surface area (Å²) in [5.41, 5.74) is 8.06. The van der Waals surface area contributed by atoms with Crippen LogP contribution in [0.2, 0.25) is 0 Å². The van der Waals surface area contributed by atoms with Crippen molar-refractivity contribution in [2.75, 3.05) is 32.9 Å². The Balaban J connectivity index is 1.76. The summed E-state index contributed by atoms with van der Waals surface area (Å²) in [4.78, 5) is 4.25. The number of nitrogens with two attached hydrogens (primary N) is 1. The van der Waals surface area contributed by atoms with Crippen LogP contribution in [0.15, 0.2) is 59.6 Å². The lowest BCUT2D eigenvalue weighted by atomic mass is 10.1. The summed E-state index contributed by atoms with van der Waals surface area (Å²) in [5, 5.41) is 3.06. The Labute approximate surface area is 149 Å². The SMILES string of the molecule is CCOCCCN=C(N)NCCOc1ccccc1-c1ccccc1. The molecule has 134 valence electrons. The number of nitrogens with one attached hydrogen (secondary N) is 1. The third-order valence-corrected chi connectivity index (χ3v) is 3.57. The smallest absolute Gasteiger partial charge is 0.188 e. The summed E-state index contributed by atoms with van der Waals surface area (Å²) in [6, 6.07) is 18.2. The van der Waals surface area contributed by atoms with Crippen LogP contribution in [0.25, 0.3) is 11.1 Å². The van der Waals surface area contributed by atoms with Gasteiger partial charge in [-0.15, -0.1) is 0 Å². The van der Waals surface area contributed by atoms with Crippen molar-refractivity contribution in [2.24, 2.45) is 10.7 Å². The fraction of sp³-hybridized carbons (Fsp3) is 0.350. The number of para-hydroxylation sites is 1. The van der Waals surface area contributed by atoms with E-state index in [1.165, 1.54) is 0 Å². The maximum atomic E-state index is 5.91. The van der Waals surface area contributed by atoms with Gasteiger partial charge in [0.15, 0.2) is 5.96 Å². The number of ether oxygens (including phenoxy) is 2. The van der Waals surface area contributed by atoms with Gasteiger partial charge in [0, 0.05) is 25.3 Å². The van der Waals surface area contributed by atoms with Crippen LogP contribution < -0.4 is 15.8 Å². The Hall–Kier alpha value is -2.53. The molecule has 5 nitrogen and oxygen atoms in total. The highest BCUT2D eigenvalue weighted by Crippen LogP contribution is 2.29. The van der Waals surface area contributed by atoms with Gasteiger partial charge in [0.2, 0.25) is 0 Å². The van der Waals surface area contributed by atoms with Crippen molar-refractivity contribution in [1.82, 2.24) is 5.32 Å². The Morgan fingerprint density at radius 1 is 1.04 bits per heavy atom. The second-order valence-electron chi connectivity index (χ2n) is 5.45. The molecule has 0 spiro atoms. The molecule has 0 fully saturated rings. The van der Waals surface area contributed by atoms with Crippen molar-refractivity contribution in [3.05, 3.63) is 54.6 Å². The first-order valence-electron chi connectivity index (χ1n) is 8.70. The minimum absolute atomic E-state index is 0.441. The molecule has 0 aliphatic heterocycles. The first-order chi connectivity index (χ1) is 12.3. The fourth-order valence-electron chi connectivity index (χ4n) is 2.36. The summed E-state index contributed by atoms with van der Waals surface area (Å²) in [7, 11) is 0. The van der Waals surface area contributed by atoms with Gasteiger partial charge in [0.25, 0.3) is 0 Å². The van der Waals surface area contributed by atoms with Gasteiger partial charge in [-0.1, -0.05) is 48.5 Å². The van der Waals surface area contributed by atoms with Gasteiger partial charge < -0.3 is 20.5 Å². The number of aliphatic imine (C=N–C) groups is 1. The highest BCUT2D eigenvalue weighted by molar-refractivity contribution is 5.77. The topological polar surface area (TPSA) is 68.9 Å². The van der Waals surface area contributed by atoms with Gasteiger partial charge in [-0.25, -0.2) is 0 Å². The standard InChI is InChI=1S/C20H27N3O2/c1-2-24-15-8-13-22-20(21)23-14-16-25-19-12-7-6-11-18(19)17-9-4-3-5-10-17/h3-7,9-12H,2,8,13-16H2,1H3,(H3,21,22,23). The Kier molecular flexibility index (Phi) is 8.35. The maximum absolute atomic E-state index is 5.91. The summed E-state index contributed by atoms with van der Waals surface area (Å²) >= 11 is 0. The third-order valence-electron chi connectivity index (χ3n) is 3.57. The zero-order valence-corrected chi connectivity index (χ0v) is 14.8. The van der Waals surface area contributed by atoms with E-state index in [0.717, 1.165) is 29.9 Å². The molecule has 2 rings (SSSR count). The molecule has 0 amide bonds. The summed E-state index contributed by atoms with van der Waals surface area (Å²) in [5.74, 6) is 1.30. The molecule has 25 heavy (non-hydrogen) atoms. The second kappa shape index (κ2) is 11.1. The number of nitrogens with zero attached hydrogens (tertiary/aromatic N) is 1. The third kappa shape index (κ3) is 6.85. The highest BCUT2D eigenvalue weighted by atomic mass is 16.5. The van der Waals surface area contributed by atoms with Crippen LogP contribution >= 0.6 is 0 Å². The quantitative estimate of drug-likeness (QED) is 0.396. The van der Waals surface area contributed by atoms with E-state index in [9.17, 15) is 0 Å². The molecule has 3 N–H and O–H groups in total. The van der Waals surface area contributed by atoms with Gasteiger partial charge in [-0.3, -0.25) is 4.99 Å². The van der Waals surface area contributed by atoms with Gasteiger partial charge in [0.05, 0.1) is 6.54 Å². The lowest BCUT2D eigenvalue weighted by Gasteiger charge is -2.12. The lowest BCUT2D eigenvalue weighted by molar-refractivity contribution is 0.146. The average Bonchev–Trinajstić information content (AvgIpc) is 2.66. The van der Waals surface area contributed by atoms with Crippen LogP contribution in [0.1, 0.15) is 13.3 Å². The van der Waals surface area contributed by atoms with Crippen LogP contribution in [-0.2, 0) is 4.74 Å². The van der Waals surface area contributed by atoms with E-state index in [-0.39, 0.29) is 0 Å². The molecule has 0 atom stereocenters. The second-order valence-corrected chi connectivity index (χ2v) is 5.45. The van der Waals surface area contributed by atoms with Crippen molar-refractivity contribution < 1.29 is 9.47 Å². The average molecular weight is 341 g/mol. The number of hydrogen-bond acceptors (Lipinski definition) is 3. The Morgan fingerprint density at radius 3 is 2.60 bits per heavy atom. The largest absolute Gasteiger partial charge is 0.491 e. The zero-order valence-electron chi connectivity index (χ0n) is 14.8. The van der Waals surface area contributed by atoms with E-state index in [4.69, 9.17) is 15.2 Å². The molecule has 0 radical (unpaired) electrons. The lowest BCUT2D eigenvalue weighted by Crippen LogP contribution is -2.34. The van der Waals surface area contributed by atoms with Gasteiger partial charge >= 0.3 is 0 Å². The van der Waals surface area contributed by atoms with E-state index in [2.05, 4.69) is 28.5 Å². The molecule has 0 heterocycles. The molecule has 2 aromatic carbocycles. The zero-order chi connectivity index (χ0) is 17.7. The molecular weight excluding hydrogens is 314 g/mol. The molecule has 0 saturated carbocycles. The highest BCUT2D eigenvalue weighted by Gasteiger charge is 2.04. The summed E-state index contributed by atoms with van der Waals surface area (Å²) in [6.07, 6.45) is 0.872. The molecule has 0 unspecified atom stereocenters. The Morgan fingerprint density at radius 2 is 1.80 bits per heavy atom. The van der Waals surface area contributed by atoms with Crippen molar-refractivity contribution in [2.45, 2.75) is 13.3 Å². The van der Waals surface area contributed by atoms with E-state index >= 15 is 0 Å². The summed E-state index contributed by atoms with van der Waals surface area (Å²) in [6.45, 7) is 5.21. The minimum Gasteiger partial charge on any atom is -0.491 e. The molecule has 0 saturated heterocycles. The summed E-state index contributed by atoms with van der Waals surface area (Å²) < 4.78 is 11.2. The van der Waals surface area contributed by atoms with Crippen LogP contribution in [-0.4, -0.2) is 38.9 Å². The number of rotatable bonds is 10. The molecule has 0 aliphatic carbocycles. The van der Waals surface area contributed by atoms with Gasteiger partial charge in [0.1, 0.15) is 12.4 Å². The minimum atomic E-state index is 0.441. The molecule has 0 aromatic heterocycles. The van der Waals surface area contributed by atoms with Crippen LogP contribution in [0, 0.1) is 0 Å². The van der Waals surface area contributed by atoms with Gasteiger partial charge in [-0.2, -0.15) is 0 Å². The van der Waals surface area contributed by atoms with E-state index in [1.54, 1.807) is 0 Å². The number of benzene rings is 2. The van der Waals surface area contributed by atoms with Crippen molar-refractivity contribution in [3.8, 4) is 16.9 Å². The van der Waals surface area contributed by atoms with Crippen LogP contribution in [0.3, 0.4) is 0 Å². The monoisotopic (exact) mass is 341 g/mol. The van der Waals surface area contributed by atoms with Crippen molar-refractivity contribution >= 4 is 5.96 Å². The first kappa shape index (κ1) is 18.8. The van der Waals surface area contributed by atoms with Crippen molar-refractivity contribution in [3.63, 3.8) is 0 Å². The molecular formula is C20H27N3O2. The van der Waals surface area contributed by atoms with E-state index in [1.807, 2.05) is 43.3 Å². The molecule has 2 aromatic rings. The van der Waals surface area contributed by atoms with Gasteiger partial charge in [-0.05, 0) is 25.0 Å². The number of guanidine groups is 1. The molecule has 0 bridgehead atoms. The van der Waals surface area contributed by atoms with Crippen LogP contribution in [0.5, 0.6) is 5.75 Å². The van der Waals surface area contributed by atoms with Crippen LogP contribution in [0.4, 0.5) is 0 Å². The molecule has 5 heteroatoms. The first-order valence-corrected chi connectivity index (χ1v) is 8.70. The maximum Gasteiger partial charge on any atom is 0.188 e. The predicted octanol–water partition coefficient (Wildman–Crippen LogP) is 3.06. The van der Waals surface area contributed by atoms with Crippen molar-refractivity contribution in [1.29, 1.82) is 0 Å². The predicted molar refractivity (Wildman–Crippen MR) is 103 cm³/mol. The van der Waals surface area contributed by atoms with E-state index < -0.39 is 0 Å². The van der Waals surface area contributed by atoms with E-state index in [0.29, 0.717) is 32.3 Å². The Bertz CT molecular complexity index is 644. The number of hydrogen-bond donors (Lipinski definition) is 2. The normalized spacial score (nSPS) is 11.3. The fourth-order valence-corrected chi connectivity index (χ4v) is 2.36. The molecule has 0 aliphatic rings.